The Balaban J connectivity index is 2.46. The van der Waals surface area contributed by atoms with Crippen molar-refractivity contribution >= 4 is 43.5 Å². The summed E-state index contributed by atoms with van der Waals surface area (Å²) in [6.07, 6.45) is 1.76. The summed E-state index contributed by atoms with van der Waals surface area (Å²) in [5.41, 5.74) is 2.13. The van der Waals surface area contributed by atoms with Crippen LogP contribution < -0.4 is 4.74 Å². The fourth-order valence-electron chi connectivity index (χ4n) is 1.92. The van der Waals surface area contributed by atoms with Crippen molar-refractivity contribution in [3.8, 4) is 17.6 Å². The zero-order valence-electron chi connectivity index (χ0n) is 11.8. The summed E-state index contributed by atoms with van der Waals surface area (Å²) in [6.45, 7) is 2.30. The van der Waals surface area contributed by atoms with Crippen LogP contribution in [0.3, 0.4) is 0 Å². The molecule has 112 valence electrons. The second kappa shape index (κ2) is 7.48. The maximum atomic E-state index is 9.93. The van der Waals surface area contributed by atoms with Gasteiger partial charge in [0.25, 0.3) is 0 Å². The van der Waals surface area contributed by atoms with Crippen molar-refractivity contribution in [2.24, 2.45) is 0 Å². The van der Waals surface area contributed by atoms with Crippen LogP contribution in [0.4, 0.5) is 0 Å². The van der Waals surface area contributed by atoms with E-state index < -0.39 is 0 Å². The number of aromatic hydroxyl groups is 1. The number of benzene rings is 2. The minimum atomic E-state index is 0.0566. The van der Waals surface area contributed by atoms with Crippen molar-refractivity contribution in [2.45, 2.75) is 6.92 Å². The third kappa shape index (κ3) is 3.90. The molecule has 2 rings (SSSR count). The van der Waals surface area contributed by atoms with E-state index in [0.717, 1.165) is 15.6 Å². The SMILES string of the molecule is CCOc1cc(/C=C(/C#N)c2ccc(Br)cc2)cc(Br)c1O. The topological polar surface area (TPSA) is 53.2 Å². The number of halogens is 2. The molecule has 0 unspecified atom stereocenters. The van der Waals surface area contributed by atoms with Crippen LogP contribution in [0.25, 0.3) is 11.6 Å². The Labute approximate surface area is 146 Å². The van der Waals surface area contributed by atoms with Gasteiger partial charge in [0.15, 0.2) is 11.5 Å². The summed E-state index contributed by atoms with van der Waals surface area (Å²) in [5.74, 6) is 0.442. The first-order chi connectivity index (χ1) is 10.5. The average molecular weight is 423 g/mol. The molecular weight excluding hydrogens is 410 g/mol. The van der Waals surface area contributed by atoms with Gasteiger partial charge in [0.1, 0.15) is 0 Å². The fourth-order valence-corrected chi connectivity index (χ4v) is 2.64. The molecule has 0 saturated carbocycles. The Morgan fingerprint density at radius 1 is 1.27 bits per heavy atom. The van der Waals surface area contributed by atoms with Gasteiger partial charge in [-0.15, -0.1) is 0 Å². The number of phenolic OH excluding ortho intramolecular Hbond substituents is 1. The molecule has 0 spiro atoms. The number of ether oxygens (including phenoxy) is 1. The maximum Gasteiger partial charge on any atom is 0.172 e. The molecule has 0 atom stereocenters. The highest BCUT2D eigenvalue weighted by atomic mass is 79.9. The Morgan fingerprint density at radius 2 is 1.95 bits per heavy atom. The van der Waals surface area contributed by atoms with Gasteiger partial charge < -0.3 is 9.84 Å². The summed E-state index contributed by atoms with van der Waals surface area (Å²) in [5, 5.41) is 19.3. The van der Waals surface area contributed by atoms with Gasteiger partial charge in [0.2, 0.25) is 0 Å². The predicted molar refractivity (Wildman–Crippen MR) is 94.6 cm³/mol. The van der Waals surface area contributed by atoms with Crippen molar-refractivity contribution in [1.29, 1.82) is 5.26 Å². The molecule has 2 aromatic carbocycles. The smallest absolute Gasteiger partial charge is 0.172 e. The summed E-state index contributed by atoms with van der Waals surface area (Å²) in [6, 6.07) is 13.2. The number of rotatable bonds is 4. The van der Waals surface area contributed by atoms with Crippen molar-refractivity contribution < 1.29 is 9.84 Å². The Morgan fingerprint density at radius 3 is 2.55 bits per heavy atom. The minimum absolute atomic E-state index is 0.0566. The number of nitriles is 1. The van der Waals surface area contributed by atoms with Crippen LogP contribution in [0.15, 0.2) is 45.3 Å². The number of hydrogen-bond donors (Lipinski definition) is 1. The van der Waals surface area contributed by atoms with Crippen LogP contribution in [0, 0.1) is 11.3 Å². The molecule has 22 heavy (non-hydrogen) atoms. The Hall–Kier alpha value is -1.77. The van der Waals surface area contributed by atoms with Crippen molar-refractivity contribution in [3.63, 3.8) is 0 Å². The van der Waals surface area contributed by atoms with E-state index in [1.807, 2.05) is 31.2 Å². The van der Waals surface area contributed by atoms with Crippen molar-refractivity contribution in [2.75, 3.05) is 6.61 Å². The van der Waals surface area contributed by atoms with E-state index in [-0.39, 0.29) is 5.75 Å². The lowest BCUT2D eigenvalue weighted by molar-refractivity contribution is 0.317. The van der Waals surface area contributed by atoms with Gasteiger partial charge in [0, 0.05) is 4.47 Å². The number of allylic oxidation sites excluding steroid dienone is 1. The monoisotopic (exact) mass is 421 g/mol. The lowest BCUT2D eigenvalue weighted by Crippen LogP contribution is -1.93. The molecule has 2 aromatic rings. The molecule has 3 nitrogen and oxygen atoms in total. The molecular formula is C17H13Br2NO2. The third-order valence-electron chi connectivity index (χ3n) is 2.94. The van der Waals surface area contributed by atoms with Gasteiger partial charge in [-0.25, -0.2) is 0 Å². The quantitative estimate of drug-likeness (QED) is 0.531. The largest absolute Gasteiger partial charge is 0.503 e. The average Bonchev–Trinajstić information content (AvgIpc) is 2.51. The van der Waals surface area contributed by atoms with Crippen LogP contribution in [-0.2, 0) is 0 Å². The summed E-state index contributed by atoms with van der Waals surface area (Å²) in [4.78, 5) is 0. The zero-order valence-corrected chi connectivity index (χ0v) is 15.0. The highest BCUT2D eigenvalue weighted by molar-refractivity contribution is 9.10. The molecule has 5 heteroatoms. The van der Waals surface area contributed by atoms with Crippen LogP contribution in [0.2, 0.25) is 0 Å². The van der Waals surface area contributed by atoms with Crippen molar-refractivity contribution in [1.82, 2.24) is 0 Å². The van der Waals surface area contributed by atoms with E-state index in [1.165, 1.54) is 0 Å². The lowest BCUT2D eigenvalue weighted by Gasteiger charge is -2.09. The summed E-state index contributed by atoms with van der Waals surface area (Å²) in [7, 11) is 0. The van der Waals surface area contributed by atoms with Crippen LogP contribution in [0.1, 0.15) is 18.1 Å². The fraction of sp³-hybridized carbons (Fsp3) is 0.118. The van der Waals surface area contributed by atoms with Gasteiger partial charge in [-0.3, -0.25) is 0 Å². The maximum absolute atomic E-state index is 9.93. The highest BCUT2D eigenvalue weighted by Gasteiger charge is 2.09. The van der Waals surface area contributed by atoms with E-state index in [0.29, 0.717) is 22.4 Å². The van der Waals surface area contributed by atoms with Gasteiger partial charge in [0.05, 0.1) is 22.7 Å². The van der Waals surface area contributed by atoms with E-state index in [2.05, 4.69) is 37.9 Å². The third-order valence-corrected chi connectivity index (χ3v) is 4.07. The van der Waals surface area contributed by atoms with Gasteiger partial charge in [-0.05, 0) is 64.3 Å². The van der Waals surface area contributed by atoms with E-state index >= 15 is 0 Å². The lowest BCUT2D eigenvalue weighted by atomic mass is 10.0. The molecule has 0 bridgehead atoms. The number of hydrogen-bond acceptors (Lipinski definition) is 3. The number of phenols is 1. The first kappa shape index (κ1) is 16.6. The van der Waals surface area contributed by atoms with E-state index in [1.54, 1.807) is 18.2 Å². The van der Waals surface area contributed by atoms with Crippen LogP contribution >= 0.6 is 31.9 Å². The molecule has 0 aromatic heterocycles. The normalized spacial score (nSPS) is 11.1. The Bertz CT molecular complexity index is 746. The molecule has 1 N–H and O–H groups in total. The van der Waals surface area contributed by atoms with Gasteiger partial charge in [-0.1, -0.05) is 28.1 Å². The molecule has 0 aliphatic rings. The zero-order chi connectivity index (χ0) is 16.1. The van der Waals surface area contributed by atoms with E-state index in [9.17, 15) is 10.4 Å². The first-order valence-corrected chi connectivity index (χ1v) is 8.16. The first-order valence-electron chi connectivity index (χ1n) is 6.58. The molecule has 0 radical (unpaired) electrons. The molecule has 0 saturated heterocycles. The van der Waals surface area contributed by atoms with Gasteiger partial charge >= 0.3 is 0 Å². The number of nitrogens with zero attached hydrogens (tertiary/aromatic N) is 1. The van der Waals surface area contributed by atoms with Crippen molar-refractivity contribution in [3.05, 3.63) is 56.5 Å². The molecule has 0 heterocycles. The van der Waals surface area contributed by atoms with Crippen LogP contribution in [0.5, 0.6) is 11.5 Å². The highest BCUT2D eigenvalue weighted by Crippen LogP contribution is 2.36. The van der Waals surface area contributed by atoms with Crippen LogP contribution in [-0.4, -0.2) is 11.7 Å². The van der Waals surface area contributed by atoms with Gasteiger partial charge in [-0.2, -0.15) is 5.26 Å². The van der Waals surface area contributed by atoms with E-state index in [4.69, 9.17) is 4.74 Å². The predicted octanol–water partition coefficient (Wildman–Crippen LogP) is 5.38. The molecule has 0 aliphatic heterocycles. The Kier molecular flexibility index (Phi) is 5.64. The minimum Gasteiger partial charge on any atom is -0.503 e. The molecule has 0 amide bonds. The molecule has 0 fully saturated rings. The second-order valence-corrected chi connectivity index (χ2v) is 6.23. The summed E-state index contributed by atoms with van der Waals surface area (Å²) < 4.78 is 6.88. The summed E-state index contributed by atoms with van der Waals surface area (Å²) >= 11 is 6.67. The second-order valence-electron chi connectivity index (χ2n) is 4.46. The molecule has 0 aliphatic carbocycles. The standard InChI is InChI=1S/C17H13Br2NO2/c1-2-22-16-9-11(8-15(19)17(16)21)7-13(10-20)12-3-5-14(18)6-4-12/h3-9,21H,2H2,1H3/b13-7-.